The Kier molecular flexibility index (Phi) is 8.72. The first-order chi connectivity index (χ1) is 13.2. The number of aliphatic carboxylic acids is 2. The van der Waals surface area contributed by atoms with Gasteiger partial charge in [-0.25, -0.2) is 9.59 Å². The second kappa shape index (κ2) is 10.1. The van der Waals surface area contributed by atoms with Gasteiger partial charge in [-0.15, -0.1) is 0 Å². The number of carbonyl (C=O) groups is 2. The van der Waals surface area contributed by atoms with Gasteiger partial charge < -0.3 is 15.5 Å². The first kappa shape index (κ1) is 25.0. The summed E-state index contributed by atoms with van der Waals surface area (Å²) in [5.41, 5.74) is 1.26. The van der Waals surface area contributed by atoms with Gasteiger partial charge in [0.1, 0.15) is 0 Å². The first-order valence-corrected chi connectivity index (χ1v) is 8.40. The van der Waals surface area contributed by atoms with Gasteiger partial charge in [0, 0.05) is 36.7 Å². The molecule has 29 heavy (non-hydrogen) atoms. The van der Waals surface area contributed by atoms with E-state index in [1.165, 1.54) is 18.5 Å². The zero-order chi connectivity index (χ0) is 22.4. The van der Waals surface area contributed by atoms with Crippen molar-refractivity contribution in [1.29, 1.82) is 0 Å². The lowest BCUT2D eigenvalue weighted by molar-refractivity contribution is -0.193. The maximum absolute atomic E-state index is 10.6. The molecule has 13 heteroatoms. The summed E-state index contributed by atoms with van der Waals surface area (Å²) in [5.74, 6) is -5.51. The average molecular weight is 451 g/mol. The fourth-order valence-corrected chi connectivity index (χ4v) is 2.88. The van der Waals surface area contributed by atoms with Crippen molar-refractivity contribution >= 4 is 23.5 Å². The van der Waals surface area contributed by atoms with Crippen molar-refractivity contribution in [3.63, 3.8) is 0 Å². The Morgan fingerprint density at radius 3 is 1.90 bits per heavy atom. The lowest BCUT2D eigenvalue weighted by atomic mass is 10.2. The Bertz CT molecular complexity index is 689. The van der Waals surface area contributed by atoms with Crippen molar-refractivity contribution in [2.45, 2.75) is 37.4 Å². The molecule has 1 aromatic rings. The van der Waals surface area contributed by atoms with Gasteiger partial charge >= 0.3 is 24.3 Å². The molecule has 1 aromatic carbocycles. The van der Waals surface area contributed by atoms with Crippen LogP contribution >= 0.6 is 11.6 Å². The van der Waals surface area contributed by atoms with Crippen molar-refractivity contribution in [3.05, 3.63) is 34.9 Å². The van der Waals surface area contributed by atoms with Gasteiger partial charge in [0.15, 0.2) is 0 Å². The summed E-state index contributed by atoms with van der Waals surface area (Å²) in [5, 5.41) is 18.7. The fourth-order valence-electron chi connectivity index (χ4n) is 2.69. The van der Waals surface area contributed by atoms with Gasteiger partial charge in [-0.05, 0) is 18.1 Å². The van der Waals surface area contributed by atoms with Crippen LogP contribution in [0.15, 0.2) is 24.3 Å². The topological polar surface area (TPSA) is 89.9 Å². The summed E-state index contributed by atoms with van der Waals surface area (Å²) in [6, 6.07) is 9.60. The summed E-state index contributed by atoms with van der Waals surface area (Å²) >= 11 is 6.16. The number of hydrogen-bond donors (Lipinski definition) is 3. The lowest BCUT2D eigenvalue weighted by Gasteiger charge is -2.27. The van der Waals surface area contributed by atoms with Crippen LogP contribution in [0.1, 0.15) is 12.0 Å². The minimum absolute atomic E-state index is 0.720. The van der Waals surface area contributed by atoms with Crippen molar-refractivity contribution in [3.8, 4) is 0 Å². The van der Waals surface area contributed by atoms with Gasteiger partial charge in [0.2, 0.25) is 0 Å². The number of fused-ring (bicyclic) bond motifs is 2. The molecule has 0 radical (unpaired) electrons. The molecule has 2 aliphatic rings. The molecular formula is C16H17ClF6N2O4. The summed E-state index contributed by atoms with van der Waals surface area (Å²) in [7, 11) is 0. The number of rotatable bonds is 2. The molecule has 0 amide bonds. The van der Waals surface area contributed by atoms with Crippen molar-refractivity contribution < 1.29 is 46.1 Å². The standard InChI is InChI=1S/C12H15ClN2.2C2HF3O2/c13-12-4-2-1-3-9(12)7-15-8-10-5-11(15)6-14-10;2*3-2(4,5)1(6)7/h1-4,10-11,14H,5-8H2;2*(H,6,7)/t10-,11-;;/m0../s1. The summed E-state index contributed by atoms with van der Waals surface area (Å²) < 4.78 is 63.5. The molecule has 0 saturated carbocycles. The molecule has 6 nitrogen and oxygen atoms in total. The molecule has 0 aromatic heterocycles. The minimum atomic E-state index is -5.08. The van der Waals surface area contributed by atoms with Gasteiger partial charge in [-0.1, -0.05) is 29.8 Å². The van der Waals surface area contributed by atoms with E-state index in [0.29, 0.717) is 0 Å². The number of hydrogen-bond acceptors (Lipinski definition) is 4. The Balaban J connectivity index is 0.000000255. The second-order valence-electron chi connectivity index (χ2n) is 6.12. The molecule has 3 N–H and O–H groups in total. The molecule has 2 aliphatic heterocycles. The van der Waals surface area contributed by atoms with E-state index in [9.17, 15) is 26.3 Å². The predicted molar refractivity (Wildman–Crippen MR) is 89.4 cm³/mol. The van der Waals surface area contributed by atoms with Crippen LogP contribution in [0.2, 0.25) is 5.02 Å². The Labute approximate surface area is 166 Å². The number of carboxylic acids is 2. The minimum Gasteiger partial charge on any atom is -0.475 e. The molecule has 0 spiro atoms. The largest absolute Gasteiger partial charge is 0.490 e. The summed E-state index contributed by atoms with van der Waals surface area (Å²) in [6.07, 6.45) is -8.86. The third kappa shape index (κ3) is 8.46. The predicted octanol–water partition coefficient (Wildman–Crippen LogP) is 3.15. The van der Waals surface area contributed by atoms with E-state index in [1.54, 1.807) is 0 Å². The number of halogens is 7. The van der Waals surface area contributed by atoms with Crippen LogP contribution in [0.4, 0.5) is 26.3 Å². The molecular weight excluding hydrogens is 434 g/mol. The van der Waals surface area contributed by atoms with Crippen LogP contribution in [0, 0.1) is 0 Å². The molecule has 2 atom stereocenters. The molecule has 2 saturated heterocycles. The fraction of sp³-hybridized carbons (Fsp3) is 0.500. The van der Waals surface area contributed by atoms with Gasteiger partial charge in [0.05, 0.1) is 0 Å². The van der Waals surface area contributed by atoms with Crippen LogP contribution < -0.4 is 5.32 Å². The molecule has 0 aliphatic carbocycles. The zero-order valence-electron chi connectivity index (χ0n) is 14.6. The highest BCUT2D eigenvalue weighted by Crippen LogP contribution is 2.27. The number of carboxylic acid groups (broad SMARTS) is 2. The quantitative estimate of drug-likeness (QED) is 0.600. The lowest BCUT2D eigenvalue weighted by Crippen LogP contribution is -2.42. The van der Waals surface area contributed by atoms with E-state index in [2.05, 4.69) is 22.3 Å². The highest BCUT2D eigenvalue weighted by molar-refractivity contribution is 6.31. The maximum atomic E-state index is 10.6. The number of benzene rings is 1. The Morgan fingerprint density at radius 1 is 1.07 bits per heavy atom. The van der Waals surface area contributed by atoms with Crippen molar-refractivity contribution in [2.24, 2.45) is 0 Å². The molecule has 164 valence electrons. The third-order valence-electron chi connectivity index (χ3n) is 3.99. The smallest absolute Gasteiger partial charge is 0.475 e. The van der Waals surface area contributed by atoms with Gasteiger partial charge in [-0.3, -0.25) is 4.90 Å². The van der Waals surface area contributed by atoms with E-state index in [0.717, 1.165) is 30.2 Å². The summed E-state index contributed by atoms with van der Waals surface area (Å²) in [6.45, 7) is 3.33. The molecule has 2 heterocycles. The normalized spacial score (nSPS) is 20.9. The summed E-state index contributed by atoms with van der Waals surface area (Å²) in [4.78, 5) is 20.3. The van der Waals surface area contributed by atoms with E-state index >= 15 is 0 Å². The third-order valence-corrected chi connectivity index (χ3v) is 4.36. The number of nitrogens with zero attached hydrogens (tertiary/aromatic N) is 1. The molecule has 3 rings (SSSR count). The number of likely N-dealkylation sites (tertiary alicyclic amines) is 1. The Hall–Kier alpha value is -2.05. The monoisotopic (exact) mass is 450 g/mol. The van der Waals surface area contributed by atoms with Crippen LogP contribution in [0.3, 0.4) is 0 Å². The van der Waals surface area contributed by atoms with E-state index in [1.807, 2.05) is 12.1 Å². The van der Waals surface area contributed by atoms with Gasteiger partial charge in [0.25, 0.3) is 0 Å². The van der Waals surface area contributed by atoms with E-state index in [-0.39, 0.29) is 0 Å². The number of piperazine rings is 1. The average Bonchev–Trinajstić information content (AvgIpc) is 3.19. The second-order valence-corrected chi connectivity index (χ2v) is 6.53. The van der Waals surface area contributed by atoms with Crippen molar-refractivity contribution in [1.82, 2.24) is 10.2 Å². The number of nitrogens with one attached hydrogen (secondary N) is 1. The maximum Gasteiger partial charge on any atom is 0.490 e. The van der Waals surface area contributed by atoms with Crippen molar-refractivity contribution in [2.75, 3.05) is 13.1 Å². The zero-order valence-corrected chi connectivity index (χ0v) is 15.4. The Morgan fingerprint density at radius 2 is 1.55 bits per heavy atom. The van der Waals surface area contributed by atoms with Crippen LogP contribution in [0.25, 0.3) is 0 Å². The molecule has 2 fully saturated rings. The van der Waals surface area contributed by atoms with E-state index in [4.69, 9.17) is 31.4 Å². The van der Waals surface area contributed by atoms with Gasteiger partial charge in [-0.2, -0.15) is 26.3 Å². The first-order valence-electron chi connectivity index (χ1n) is 8.03. The molecule has 2 bridgehead atoms. The van der Waals surface area contributed by atoms with E-state index < -0.39 is 24.3 Å². The van der Waals surface area contributed by atoms with Crippen LogP contribution in [-0.4, -0.2) is 64.6 Å². The SMILES string of the molecule is Clc1ccccc1CN1C[C@@H]2C[C@H]1CN2.O=C(O)C(F)(F)F.O=C(O)C(F)(F)F. The van der Waals surface area contributed by atoms with Crippen LogP contribution in [-0.2, 0) is 16.1 Å². The highest BCUT2D eigenvalue weighted by Gasteiger charge is 2.39. The van der Waals surface area contributed by atoms with Crippen LogP contribution in [0.5, 0.6) is 0 Å². The molecule has 0 unspecified atom stereocenters. The number of alkyl halides is 6. The highest BCUT2D eigenvalue weighted by atomic mass is 35.5.